The van der Waals surface area contributed by atoms with Gasteiger partial charge in [0.1, 0.15) is 29.7 Å². The van der Waals surface area contributed by atoms with Crippen molar-refractivity contribution in [1.29, 1.82) is 0 Å². The summed E-state index contributed by atoms with van der Waals surface area (Å²) in [5, 5.41) is 6.42. The van der Waals surface area contributed by atoms with Crippen LogP contribution in [0.3, 0.4) is 0 Å². The highest BCUT2D eigenvalue weighted by atomic mass is 127. The minimum absolute atomic E-state index is 0. The Balaban J connectivity index is 0.00000450. The van der Waals surface area contributed by atoms with Gasteiger partial charge in [0.25, 0.3) is 0 Å². The van der Waals surface area contributed by atoms with Gasteiger partial charge in [0.15, 0.2) is 17.5 Å². The summed E-state index contributed by atoms with van der Waals surface area (Å²) < 4.78 is 21.6. The first-order chi connectivity index (χ1) is 14.0. The lowest BCUT2D eigenvalue weighted by atomic mass is 10.2. The number of hydrogen-bond acceptors (Lipinski definition) is 6. The quantitative estimate of drug-likeness (QED) is 0.221. The minimum Gasteiger partial charge on any atom is -0.493 e. The van der Waals surface area contributed by atoms with Gasteiger partial charge in [-0.15, -0.1) is 24.0 Å². The number of benzene rings is 1. The third kappa shape index (κ3) is 7.43. The third-order valence-corrected chi connectivity index (χ3v) is 4.07. The summed E-state index contributed by atoms with van der Waals surface area (Å²) >= 11 is 0. The number of furan rings is 1. The topological polar surface area (TPSA) is 94.3 Å². The Hall–Kier alpha value is -2.43. The number of nitrogens with one attached hydrogen (secondary N) is 2. The molecule has 0 bridgehead atoms. The molecule has 1 atom stereocenters. The number of methoxy groups -OCH3 is 2. The van der Waals surface area contributed by atoms with Crippen LogP contribution in [0.15, 0.2) is 39.7 Å². The van der Waals surface area contributed by atoms with Crippen LogP contribution in [0.2, 0.25) is 0 Å². The summed E-state index contributed by atoms with van der Waals surface area (Å²) in [4.78, 5) is 16.2. The van der Waals surface area contributed by atoms with E-state index in [1.807, 2.05) is 38.1 Å². The van der Waals surface area contributed by atoms with Crippen molar-refractivity contribution in [2.45, 2.75) is 33.4 Å². The van der Waals surface area contributed by atoms with Gasteiger partial charge in [-0.3, -0.25) is 0 Å². The molecule has 2 N–H and O–H groups in total. The number of para-hydroxylation sites is 2. The predicted octanol–water partition coefficient (Wildman–Crippen LogP) is 3.52. The molecule has 0 aliphatic heterocycles. The number of aryl methyl sites for hydroxylation is 1. The highest BCUT2D eigenvalue weighted by Crippen LogP contribution is 2.26. The number of rotatable bonds is 9. The number of carbonyl (C=O) groups excluding carboxylic acids is 1. The van der Waals surface area contributed by atoms with Crippen LogP contribution >= 0.6 is 24.0 Å². The van der Waals surface area contributed by atoms with Crippen molar-refractivity contribution in [1.82, 2.24) is 10.6 Å². The van der Waals surface area contributed by atoms with E-state index in [0.29, 0.717) is 47.6 Å². The molecule has 0 spiro atoms. The van der Waals surface area contributed by atoms with Crippen molar-refractivity contribution in [3.63, 3.8) is 0 Å². The highest BCUT2D eigenvalue weighted by Gasteiger charge is 2.15. The van der Waals surface area contributed by atoms with Crippen molar-refractivity contribution in [2.75, 3.05) is 27.3 Å². The summed E-state index contributed by atoms with van der Waals surface area (Å²) in [5.41, 5.74) is 0.412. The standard InChI is InChI=1S/C21H29N3O5.HI/c1-6-22-21(24-13-16-11-17(15(3)29-16)20(25)27-5)23-12-14(2)28-19-10-8-7-9-18(19)26-4;/h7-11,14H,6,12-13H2,1-5H3,(H2,22,23,24);1H. The first kappa shape index (κ1) is 25.6. The van der Waals surface area contributed by atoms with Crippen LogP contribution in [0.4, 0.5) is 0 Å². The van der Waals surface area contributed by atoms with E-state index < -0.39 is 5.97 Å². The lowest BCUT2D eigenvalue weighted by Gasteiger charge is -2.18. The molecule has 1 aromatic heterocycles. The number of hydrogen-bond donors (Lipinski definition) is 2. The molecule has 1 aromatic carbocycles. The maximum Gasteiger partial charge on any atom is 0.341 e. The number of aliphatic imine (C=N–C) groups is 1. The summed E-state index contributed by atoms with van der Waals surface area (Å²) in [6, 6.07) is 9.17. The van der Waals surface area contributed by atoms with Gasteiger partial charge in [0, 0.05) is 6.54 Å². The smallest absolute Gasteiger partial charge is 0.341 e. The summed E-state index contributed by atoms with van der Waals surface area (Å²) in [7, 11) is 2.96. The van der Waals surface area contributed by atoms with E-state index in [4.69, 9.17) is 18.6 Å². The van der Waals surface area contributed by atoms with Gasteiger partial charge in [-0.05, 0) is 39.0 Å². The first-order valence-electron chi connectivity index (χ1n) is 9.47. The molecule has 0 aliphatic rings. The van der Waals surface area contributed by atoms with E-state index in [1.54, 1.807) is 20.1 Å². The predicted molar refractivity (Wildman–Crippen MR) is 126 cm³/mol. The summed E-state index contributed by atoms with van der Waals surface area (Å²) in [5.74, 6) is 2.67. The maximum atomic E-state index is 11.7. The zero-order valence-electron chi connectivity index (χ0n) is 18.0. The van der Waals surface area contributed by atoms with Crippen LogP contribution in [-0.2, 0) is 11.3 Å². The number of esters is 1. The van der Waals surface area contributed by atoms with E-state index in [9.17, 15) is 4.79 Å². The van der Waals surface area contributed by atoms with Crippen molar-refractivity contribution < 1.29 is 23.4 Å². The van der Waals surface area contributed by atoms with E-state index in [1.165, 1.54) is 7.11 Å². The Bertz CT molecular complexity index is 838. The largest absolute Gasteiger partial charge is 0.493 e. The summed E-state index contributed by atoms with van der Waals surface area (Å²) in [6.45, 7) is 7.20. The number of carbonyl (C=O) groups is 1. The van der Waals surface area contributed by atoms with E-state index in [-0.39, 0.29) is 36.6 Å². The van der Waals surface area contributed by atoms with E-state index >= 15 is 0 Å². The van der Waals surface area contributed by atoms with Crippen LogP contribution in [0.1, 0.15) is 35.7 Å². The molecule has 0 saturated carbocycles. The van der Waals surface area contributed by atoms with Crippen molar-refractivity contribution in [3.05, 3.63) is 47.4 Å². The van der Waals surface area contributed by atoms with Crippen molar-refractivity contribution in [2.24, 2.45) is 4.99 Å². The molecule has 30 heavy (non-hydrogen) atoms. The van der Waals surface area contributed by atoms with Gasteiger partial charge in [-0.25, -0.2) is 9.79 Å². The zero-order valence-corrected chi connectivity index (χ0v) is 20.3. The number of halogens is 1. The molecule has 0 radical (unpaired) electrons. The number of ether oxygens (including phenoxy) is 3. The fourth-order valence-electron chi connectivity index (χ4n) is 2.65. The Kier molecular flexibility index (Phi) is 11.1. The van der Waals surface area contributed by atoms with Crippen LogP contribution in [0.25, 0.3) is 0 Å². The van der Waals surface area contributed by atoms with Gasteiger partial charge < -0.3 is 29.3 Å². The molecule has 1 heterocycles. The summed E-state index contributed by atoms with van der Waals surface area (Å²) in [6.07, 6.45) is -0.119. The molecular formula is C21H30IN3O5. The lowest BCUT2D eigenvalue weighted by molar-refractivity contribution is 0.0599. The second-order valence-electron chi connectivity index (χ2n) is 6.33. The third-order valence-electron chi connectivity index (χ3n) is 4.07. The Labute approximate surface area is 194 Å². The molecule has 0 saturated heterocycles. The van der Waals surface area contributed by atoms with Gasteiger partial charge in [0.05, 0.1) is 20.8 Å². The Morgan fingerprint density at radius 1 is 1.20 bits per heavy atom. The van der Waals surface area contributed by atoms with Crippen LogP contribution in [-0.4, -0.2) is 45.3 Å². The zero-order chi connectivity index (χ0) is 21.2. The molecule has 166 valence electrons. The molecule has 0 aliphatic carbocycles. The first-order valence-corrected chi connectivity index (χ1v) is 9.47. The molecule has 8 nitrogen and oxygen atoms in total. The lowest BCUT2D eigenvalue weighted by Crippen LogP contribution is -2.41. The SMILES string of the molecule is CCNC(=NCc1cc(C(=O)OC)c(C)o1)NCC(C)Oc1ccccc1OC.I. The van der Waals surface area contributed by atoms with Crippen molar-refractivity contribution >= 4 is 35.9 Å². The van der Waals surface area contributed by atoms with Crippen LogP contribution < -0.4 is 20.1 Å². The second-order valence-corrected chi connectivity index (χ2v) is 6.33. The molecular weight excluding hydrogens is 501 g/mol. The fourth-order valence-corrected chi connectivity index (χ4v) is 2.65. The van der Waals surface area contributed by atoms with Gasteiger partial charge in [-0.2, -0.15) is 0 Å². The number of guanidine groups is 1. The normalized spacial score (nSPS) is 11.8. The molecule has 0 fully saturated rings. The van der Waals surface area contributed by atoms with Gasteiger partial charge in [-0.1, -0.05) is 12.1 Å². The van der Waals surface area contributed by atoms with E-state index in [2.05, 4.69) is 15.6 Å². The average molecular weight is 531 g/mol. The highest BCUT2D eigenvalue weighted by molar-refractivity contribution is 14.0. The molecule has 1 unspecified atom stereocenters. The Morgan fingerprint density at radius 3 is 2.53 bits per heavy atom. The molecule has 9 heteroatoms. The molecule has 2 rings (SSSR count). The Morgan fingerprint density at radius 2 is 1.90 bits per heavy atom. The van der Waals surface area contributed by atoms with Gasteiger partial charge >= 0.3 is 5.97 Å². The average Bonchev–Trinajstić information content (AvgIpc) is 3.10. The van der Waals surface area contributed by atoms with Crippen molar-refractivity contribution in [3.8, 4) is 11.5 Å². The number of nitrogens with zero attached hydrogens (tertiary/aromatic N) is 1. The van der Waals surface area contributed by atoms with Crippen LogP contribution in [0, 0.1) is 6.92 Å². The van der Waals surface area contributed by atoms with E-state index in [0.717, 1.165) is 0 Å². The molecule has 0 amide bonds. The minimum atomic E-state index is -0.422. The monoisotopic (exact) mass is 531 g/mol. The maximum absolute atomic E-state index is 11.7. The van der Waals surface area contributed by atoms with Crippen LogP contribution in [0.5, 0.6) is 11.5 Å². The fraction of sp³-hybridized carbons (Fsp3) is 0.429. The van der Waals surface area contributed by atoms with Gasteiger partial charge in [0.2, 0.25) is 0 Å². The second kappa shape index (κ2) is 13.0. The molecule has 2 aromatic rings.